The van der Waals surface area contributed by atoms with Gasteiger partial charge >= 0.3 is 0 Å². The van der Waals surface area contributed by atoms with Crippen molar-refractivity contribution in [3.63, 3.8) is 0 Å². The van der Waals surface area contributed by atoms with Crippen molar-refractivity contribution in [1.29, 1.82) is 0 Å². The number of piperidine rings is 1. The highest BCUT2D eigenvalue weighted by molar-refractivity contribution is 7.13. The van der Waals surface area contributed by atoms with Crippen molar-refractivity contribution in [2.24, 2.45) is 11.8 Å². The van der Waals surface area contributed by atoms with Crippen LogP contribution < -0.4 is 16.0 Å². The summed E-state index contributed by atoms with van der Waals surface area (Å²) in [5.41, 5.74) is 6.73. The van der Waals surface area contributed by atoms with Crippen LogP contribution in [0.1, 0.15) is 46.7 Å². The maximum Gasteiger partial charge on any atom is 0.0736 e. The molecule has 3 unspecified atom stereocenters. The van der Waals surface area contributed by atoms with Gasteiger partial charge in [0.1, 0.15) is 0 Å². The van der Waals surface area contributed by atoms with Crippen LogP contribution in [-0.4, -0.2) is 38.1 Å². The van der Waals surface area contributed by atoms with E-state index in [9.17, 15) is 0 Å². The van der Waals surface area contributed by atoms with E-state index < -0.39 is 0 Å². The fourth-order valence-electron chi connectivity index (χ4n) is 5.41. The van der Waals surface area contributed by atoms with Gasteiger partial charge in [0.25, 0.3) is 0 Å². The number of fused-ring (bicyclic) bond motifs is 2. The Balaban J connectivity index is 1.40. The minimum Gasteiger partial charge on any atom is -0.388 e. The van der Waals surface area contributed by atoms with Gasteiger partial charge in [-0.1, -0.05) is 37.8 Å². The molecule has 5 heteroatoms. The predicted octanol–water partition coefficient (Wildman–Crippen LogP) is 5.03. The first-order chi connectivity index (χ1) is 15.6. The second-order valence-electron chi connectivity index (χ2n) is 9.55. The average Bonchev–Trinajstić information content (AvgIpc) is 3.42. The van der Waals surface area contributed by atoms with Gasteiger partial charge < -0.3 is 20.9 Å². The molecule has 170 valence electrons. The third-order valence-corrected chi connectivity index (χ3v) is 8.57. The van der Waals surface area contributed by atoms with Crippen molar-refractivity contribution in [3.05, 3.63) is 69.6 Å². The molecule has 3 N–H and O–H groups in total. The smallest absolute Gasteiger partial charge is 0.0736 e. The maximum atomic E-state index is 4.19. The van der Waals surface area contributed by atoms with Crippen LogP contribution in [0, 0.1) is 11.8 Å². The van der Waals surface area contributed by atoms with E-state index in [1.165, 1.54) is 44.4 Å². The molecule has 32 heavy (non-hydrogen) atoms. The summed E-state index contributed by atoms with van der Waals surface area (Å²) in [7, 11) is 2.02. The zero-order chi connectivity index (χ0) is 22.1. The van der Waals surface area contributed by atoms with E-state index in [4.69, 9.17) is 0 Å². The molecule has 2 saturated heterocycles. The summed E-state index contributed by atoms with van der Waals surface area (Å²) in [6, 6.07) is 11.8. The normalized spacial score (nSPS) is 24.4. The first kappa shape index (κ1) is 21.6. The molecule has 3 aliphatic rings. The van der Waals surface area contributed by atoms with Gasteiger partial charge in [-0.15, -0.1) is 11.3 Å². The summed E-state index contributed by atoms with van der Waals surface area (Å²) in [4.78, 5) is 5.54. The number of hydrogen-bond acceptors (Lipinski definition) is 5. The number of allylic oxidation sites excluding steroid dienone is 1. The van der Waals surface area contributed by atoms with Crippen molar-refractivity contribution in [1.82, 2.24) is 15.5 Å². The molecule has 1 aromatic carbocycles. The molecule has 0 spiro atoms. The van der Waals surface area contributed by atoms with Crippen LogP contribution in [0.15, 0.2) is 48.7 Å². The second kappa shape index (κ2) is 9.32. The topological polar surface area (TPSA) is 39.3 Å². The number of anilines is 1. The summed E-state index contributed by atoms with van der Waals surface area (Å²) in [6.45, 7) is 10.9. The van der Waals surface area contributed by atoms with E-state index in [0.717, 1.165) is 57.3 Å². The molecular weight excluding hydrogens is 412 g/mol. The molecule has 2 aromatic rings. The molecule has 4 heterocycles. The Bertz CT molecular complexity index is 990. The van der Waals surface area contributed by atoms with E-state index in [0.29, 0.717) is 0 Å². The number of aryl methyl sites for hydroxylation is 2. The first-order valence-electron chi connectivity index (χ1n) is 12.2. The van der Waals surface area contributed by atoms with Crippen LogP contribution in [-0.2, 0) is 12.8 Å². The van der Waals surface area contributed by atoms with Crippen molar-refractivity contribution in [3.8, 4) is 0 Å². The number of hydrogen-bond donors (Lipinski definition) is 3. The lowest BCUT2D eigenvalue weighted by Crippen LogP contribution is -2.33. The van der Waals surface area contributed by atoms with Gasteiger partial charge in [-0.25, -0.2) is 0 Å². The SMILES string of the molecule is C=C1CC2CN(C3=CC(c4ccc(CCCNC)cc4)Nc4cc(CC)sc43)CC2CN1. The Morgan fingerprint density at radius 2 is 2.00 bits per heavy atom. The standard InChI is InChI=1S/C27H36N4S/c1-4-23-13-25-27(32-23)26(31-16-21-12-18(2)29-15-22(21)17-31)14-24(30-25)20-9-7-19(8-10-20)6-5-11-28-3/h7-10,13-14,21-22,24,28-30H,2,4-6,11-12,15-17H2,1,3H3. The van der Waals surface area contributed by atoms with E-state index in [-0.39, 0.29) is 6.04 Å². The van der Waals surface area contributed by atoms with Crippen LogP contribution in [0.4, 0.5) is 5.69 Å². The van der Waals surface area contributed by atoms with Crippen LogP contribution in [0.25, 0.3) is 5.70 Å². The highest BCUT2D eigenvalue weighted by Gasteiger charge is 2.38. The first-order valence-corrected chi connectivity index (χ1v) is 13.0. The van der Waals surface area contributed by atoms with Crippen LogP contribution in [0.2, 0.25) is 0 Å². The number of benzene rings is 1. The summed E-state index contributed by atoms with van der Waals surface area (Å²) in [5, 5.41) is 10.6. The molecule has 5 rings (SSSR count). The number of likely N-dealkylation sites (tertiary alicyclic amines) is 1. The highest BCUT2D eigenvalue weighted by atomic mass is 32.1. The Morgan fingerprint density at radius 1 is 1.19 bits per heavy atom. The van der Waals surface area contributed by atoms with E-state index >= 15 is 0 Å². The van der Waals surface area contributed by atoms with E-state index in [2.05, 4.69) is 70.8 Å². The summed E-state index contributed by atoms with van der Waals surface area (Å²) < 4.78 is 0. The Morgan fingerprint density at radius 3 is 2.78 bits per heavy atom. The van der Waals surface area contributed by atoms with Crippen molar-refractivity contribution < 1.29 is 0 Å². The molecule has 1 aromatic heterocycles. The van der Waals surface area contributed by atoms with Gasteiger partial charge in [-0.05, 0) is 74.4 Å². The molecule has 0 radical (unpaired) electrons. The van der Waals surface area contributed by atoms with Gasteiger partial charge in [0, 0.05) is 30.2 Å². The summed E-state index contributed by atoms with van der Waals surface area (Å²) in [6.07, 6.45) is 6.99. The third-order valence-electron chi connectivity index (χ3n) is 7.27. The molecule has 2 fully saturated rings. The number of nitrogens with one attached hydrogen (secondary N) is 3. The largest absolute Gasteiger partial charge is 0.388 e. The van der Waals surface area contributed by atoms with Crippen LogP contribution >= 0.6 is 11.3 Å². The number of thiophene rings is 1. The molecule has 3 aliphatic heterocycles. The maximum absolute atomic E-state index is 4.19. The van der Waals surface area contributed by atoms with E-state index in [1.54, 1.807) is 0 Å². The van der Waals surface area contributed by atoms with Gasteiger partial charge in [-0.2, -0.15) is 0 Å². The van der Waals surface area contributed by atoms with Crippen molar-refractivity contribution >= 4 is 22.7 Å². The van der Waals surface area contributed by atoms with Crippen LogP contribution in [0.3, 0.4) is 0 Å². The number of nitrogens with zero attached hydrogens (tertiary/aromatic N) is 1. The zero-order valence-electron chi connectivity index (χ0n) is 19.4. The molecule has 0 aliphatic carbocycles. The van der Waals surface area contributed by atoms with Gasteiger partial charge in [-0.3, -0.25) is 0 Å². The van der Waals surface area contributed by atoms with Crippen LogP contribution in [0.5, 0.6) is 0 Å². The fraction of sp³-hybridized carbons (Fsp3) is 0.481. The second-order valence-corrected chi connectivity index (χ2v) is 10.7. The summed E-state index contributed by atoms with van der Waals surface area (Å²) >= 11 is 1.96. The van der Waals surface area contributed by atoms with Gasteiger partial charge in [0.2, 0.25) is 0 Å². The molecule has 0 saturated carbocycles. The van der Waals surface area contributed by atoms with Gasteiger partial charge in [0.15, 0.2) is 0 Å². The fourth-order valence-corrected chi connectivity index (χ4v) is 6.52. The molecule has 3 atom stereocenters. The monoisotopic (exact) mass is 448 g/mol. The van der Waals surface area contributed by atoms with Crippen molar-refractivity contribution in [2.75, 3.05) is 38.5 Å². The molecule has 0 amide bonds. The molecule has 0 bridgehead atoms. The van der Waals surface area contributed by atoms with Crippen molar-refractivity contribution in [2.45, 2.75) is 38.6 Å². The Hall–Kier alpha value is -2.24. The third kappa shape index (κ3) is 4.33. The predicted molar refractivity (Wildman–Crippen MR) is 137 cm³/mol. The lowest BCUT2D eigenvalue weighted by atomic mass is 9.88. The zero-order valence-corrected chi connectivity index (χ0v) is 20.2. The minimum atomic E-state index is 0.221. The van der Waals surface area contributed by atoms with Gasteiger partial charge in [0.05, 0.1) is 22.3 Å². The highest BCUT2D eigenvalue weighted by Crippen LogP contribution is 2.45. The lowest BCUT2D eigenvalue weighted by Gasteiger charge is -2.30. The quantitative estimate of drug-likeness (QED) is 0.520. The molecule has 4 nitrogen and oxygen atoms in total. The average molecular weight is 449 g/mol. The Labute approximate surface area is 196 Å². The lowest BCUT2D eigenvalue weighted by molar-refractivity contribution is 0.355. The number of rotatable bonds is 7. The van der Waals surface area contributed by atoms with E-state index in [1.807, 2.05) is 18.4 Å². The Kier molecular flexibility index (Phi) is 6.29. The molecular formula is C27H36N4S. The summed E-state index contributed by atoms with van der Waals surface area (Å²) in [5.74, 6) is 1.45. The minimum absolute atomic E-state index is 0.221.